The van der Waals surface area contributed by atoms with Crippen LogP contribution in [0, 0.1) is 0 Å². The molecule has 1 atom stereocenters. The summed E-state index contributed by atoms with van der Waals surface area (Å²) >= 11 is 1.87. The third-order valence-electron chi connectivity index (χ3n) is 3.52. The molecule has 2 rings (SSSR count). The number of hydrogen-bond donors (Lipinski definition) is 1. The van der Waals surface area contributed by atoms with E-state index >= 15 is 0 Å². The molecule has 1 N–H and O–H groups in total. The largest absolute Gasteiger partial charge is 0.372 e. The fourth-order valence-electron chi connectivity index (χ4n) is 2.57. The number of rotatable bonds is 5. The van der Waals surface area contributed by atoms with Gasteiger partial charge in [0.15, 0.2) is 0 Å². The molecule has 0 radical (unpaired) electrons. The van der Waals surface area contributed by atoms with Crippen molar-refractivity contribution in [3.05, 3.63) is 51.3 Å². The second-order valence-corrected chi connectivity index (χ2v) is 6.48. The normalized spacial score (nSPS) is 18.9. The first-order valence-electron chi connectivity index (χ1n) is 7.52. The second kappa shape index (κ2) is 7.74. The van der Waals surface area contributed by atoms with Crippen LogP contribution in [0.4, 0.5) is 0 Å². The highest BCUT2D eigenvalue weighted by Crippen LogP contribution is 2.38. The Morgan fingerprint density at radius 3 is 2.90 bits per heavy atom. The maximum Gasteiger partial charge on any atom is 0.0965 e. The lowest BCUT2D eigenvalue weighted by Crippen LogP contribution is -2.25. The maximum atomic E-state index is 5.98. The van der Waals surface area contributed by atoms with Crippen LogP contribution in [0.5, 0.6) is 0 Å². The summed E-state index contributed by atoms with van der Waals surface area (Å²) in [6.07, 6.45) is 9.88. The third kappa shape index (κ3) is 3.94. The van der Waals surface area contributed by atoms with Gasteiger partial charge in [0, 0.05) is 23.4 Å². The summed E-state index contributed by atoms with van der Waals surface area (Å²) in [5.41, 5.74) is 5.28. The molecule has 2 nitrogen and oxygen atoms in total. The minimum atomic E-state index is 0.167. The Hall–Kier alpha value is -1.16. The molecule has 0 saturated heterocycles. The molecule has 3 heteroatoms. The number of allylic oxidation sites excluding steroid dienone is 6. The summed E-state index contributed by atoms with van der Waals surface area (Å²) in [6, 6.07) is 0. The molecule has 0 spiro atoms. The van der Waals surface area contributed by atoms with Crippen molar-refractivity contribution in [1.82, 2.24) is 5.32 Å². The van der Waals surface area contributed by atoms with Gasteiger partial charge in [0.25, 0.3) is 0 Å². The molecule has 0 bridgehead atoms. The van der Waals surface area contributed by atoms with Gasteiger partial charge in [-0.25, -0.2) is 0 Å². The predicted molar refractivity (Wildman–Crippen MR) is 92.9 cm³/mol. The highest BCUT2D eigenvalue weighted by atomic mass is 32.1. The van der Waals surface area contributed by atoms with E-state index in [0.29, 0.717) is 0 Å². The van der Waals surface area contributed by atoms with Crippen LogP contribution in [0.1, 0.15) is 42.9 Å². The number of likely N-dealkylation sites (N-methyl/N-ethyl adjacent to an activating group) is 1. The molecule has 0 aromatic carbocycles. The standard InChI is InChI=1S/C18H25NOS/c1-5-6-14(8-7-13(2)3)15-12-21-17-9-10-20-16(11-19-4)18(15)17/h5-8,12,16,19H,9-11H2,1-4H3/b6-5-,14-8+. The number of fused-ring (bicyclic) bond motifs is 1. The zero-order chi connectivity index (χ0) is 15.2. The average molecular weight is 303 g/mol. The second-order valence-electron chi connectivity index (χ2n) is 5.52. The van der Waals surface area contributed by atoms with Crippen molar-refractivity contribution in [3.8, 4) is 0 Å². The molecule has 114 valence electrons. The molecule has 0 amide bonds. The van der Waals surface area contributed by atoms with Crippen LogP contribution < -0.4 is 5.32 Å². The number of thiophene rings is 1. The van der Waals surface area contributed by atoms with E-state index in [0.717, 1.165) is 19.6 Å². The molecule has 2 heterocycles. The molecule has 1 aromatic heterocycles. The van der Waals surface area contributed by atoms with E-state index in [1.807, 2.05) is 18.4 Å². The van der Waals surface area contributed by atoms with Gasteiger partial charge in [-0.3, -0.25) is 0 Å². The van der Waals surface area contributed by atoms with Gasteiger partial charge in [0.1, 0.15) is 0 Å². The predicted octanol–water partition coefficient (Wildman–Crippen LogP) is 4.51. The van der Waals surface area contributed by atoms with E-state index in [1.165, 1.54) is 27.2 Å². The Morgan fingerprint density at radius 2 is 2.24 bits per heavy atom. The van der Waals surface area contributed by atoms with Gasteiger partial charge in [0.05, 0.1) is 12.7 Å². The molecule has 0 aliphatic carbocycles. The van der Waals surface area contributed by atoms with E-state index in [-0.39, 0.29) is 6.10 Å². The van der Waals surface area contributed by atoms with Gasteiger partial charge in [-0.15, -0.1) is 11.3 Å². The summed E-state index contributed by atoms with van der Waals surface area (Å²) in [7, 11) is 1.98. The van der Waals surface area contributed by atoms with E-state index < -0.39 is 0 Å². The van der Waals surface area contributed by atoms with E-state index in [4.69, 9.17) is 4.74 Å². The van der Waals surface area contributed by atoms with Gasteiger partial charge < -0.3 is 10.1 Å². The van der Waals surface area contributed by atoms with E-state index in [9.17, 15) is 0 Å². The van der Waals surface area contributed by atoms with Gasteiger partial charge in [-0.05, 0) is 44.3 Å². The monoisotopic (exact) mass is 303 g/mol. The molecule has 0 fully saturated rings. The summed E-state index contributed by atoms with van der Waals surface area (Å²) in [4.78, 5) is 1.48. The van der Waals surface area contributed by atoms with Gasteiger partial charge >= 0.3 is 0 Å². The van der Waals surface area contributed by atoms with Crippen molar-refractivity contribution in [2.45, 2.75) is 33.3 Å². The van der Waals surface area contributed by atoms with Crippen molar-refractivity contribution in [2.24, 2.45) is 0 Å². The van der Waals surface area contributed by atoms with Crippen LogP contribution in [0.15, 0.2) is 35.3 Å². The smallest absolute Gasteiger partial charge is 0.0965 e. The number of nitrogens with one attached hydrogen (secondary N) is 1. The lowest BCUT2D eigenvalue weighted by atomic mass is 9.95. The molecular weight excluding hydrogens is 278 g/mol. The third-order valence-corrected chi connectivity index (χ3v) is 4.58. The van der Waals surface area contributed by atoms with Crippen LogP contribution in [-0.4, -0.2) is 20.2 Å². The Morgan fingerprint density at radius 1 is 1.43 bits per heavy atom. The van der Waals surface area contributed by atoms with Gasteiger partial charge in [-0.2, -0.15) is 0 Å². The molecule has 1 aliphatic heterocycles. The quantitative estimate of drug-likeness (QED) is 0.808. The molecule has 21 heavy (non-hydrogen) atoms. The van der Waals surface area contributed by atoms with Crippen LogP contribution >= 0.6 is 11.3 Å². The first kappa shape index (κ1) is 16.2. The summed E-state index contributed by atoms with van der Waals surface area (Å²) < 4.78 is 5.98. The first-order valence-corrected chi connectivity index (χ1v) is 8.40. The van der Waals surface area contributed by atoms with Crippen LogP contribution in [0.25, 0.3) is 5.57 Å². The average Bonchev–Trinajstić information content (AvgIpc) is 2.88. The Labute approximate surface area is 132 Å². The minimum Gasteiger partial charge on any atom is -0.372 e. The summed E-state index contributed by atoms with van der Waals surface area (Å²) in [5, 5.41) is 5.53. The molecule has 0 saturated carbocycles. The highest BCUT2D eigenvalue weighted by molar-refractivity contribution is 7.10. The van der Waals surface area contributed by atoms with Crippen LogP contribution in [0.2, 0.25) is 0 Å². The fourth-order valence-corrected chi connectivity index (χ4v) is 3.66. The Balaban J connectivity index is 2.45. The lowest BCUT2D eigenvalue weighted by Gasteiger charge is -2.25. The van der Waals surface area contributed by atoms with Crippen molar-refractivity contribution in [3.63, 3.8) is 0 Å². The molecule has 1 aromatic rings. The molecule has 1 unspecified atom stereocenters. The Kier molecular flexibility index (Phi) is 5.97. The SMILES string of the molecule is C/C=C\C(=C/C=C(C)C)c1csc2c1C(CNC)OCC2. The molecular formula is C18H25NOS. The highest BCUT2D eigenvalue weighted by Gasteiger charge is 2.25. The fraction of sp³-hybridized carbons (Fsp3) is 0.444. The zero-order valence-electron chi connectivity index (χ0n) is 13.4. The van der Waals surface area contributed by atoms with Crippen molar-refractivity contribution < 1.29 is 4.74 Å². The summed E-state index contributed by atoms with van der Waals surface area (Å²) in [5.74, 6) is 0. The first-order chi connectivity index (χ1) is 10.2. The van der Waals surface area contributed by atoms with Crippen LogP contribution in [-0.2, 0) is 11.2 Å². The van der Waals surface area contributed by atoms with Crippen molar-refractivity contribution >= 4 is 16.9 Å². The minimum absolute atomic E-state index is 0.167. The lowest BCUT2D eigenvalue weighted by molar-refractivity contribution is 0.0449. The van der Waals surface area contributed by atoms with Crippen molar-refractivity contribution in [2.75, 3.05) is 20.2 Å². The van der Waals surface area contributed by atoms with E-state index in [2.05, 4.69) is 55.8 Å². The maximum absolute atomic E-state index is 5.98. The van der Waals surface area contributed by atoms with Gasteiger partial charge in [-0.1, -0.05) is 29.9 Å². The van der Waals surface area contributed by atoms with E-state index in [1.54, 1.807) is 0 Å². The van der Waals surface area contributed by atoms with Crippen LogP contribution in [0.3, 0.4) is 0 Å². The zero-order valence-corrected chi connectivity index (χ0v) is 14.2. The molecule has 1 aliphatic rings. The Bertz CT molecular complexity index is 562. The topological polar surface area (TPSA) is 21.3 Å². The summed E-state index contributed by atoms with van der Waals surface area (Å²) in [6.45, 7) is 8.01. The number of hydrogen-bond acceptors (Lipinski definition) is 3. The number of ether oxygens (including phenoxy) is 1. The van der Waals surface area contributed by atoms with Crippen molar-refractivity contribution in [1.29, 1.82) is 0 Å². The van der Waals surface area contributed by atoms with Gasteiger partial charge in [0.2, 0.25) is 0 Å².